The molecule has 6 heteroatoms. The third-order valence-electron chi connectivity index (χ3n) is 7.08. The van der Waals surface area contributed by atoms with E-state index in [2.05, 4.69) is 27.7 Å². The standard InChI is InChI=1S/C23H27FN2O.C7H10N2/c24-21-9-7-20(8-10-21)22-12-23(22)25-13-19-14-26(15-19)11-1-2-17-3-5-18(16-27)6-4-17;1-9-7-5-3-2-4-6(7)8/h3-10,16,19,22-23,25H,1-2,11-15H2;2-5,9H,8H2,1H3. The number of nitrogens with zero attached hydrogens (tertiary/aromatic N) is 1. The van der Waals surface area contributed by atoms with Gasteiger partial charge in [0.05, 0.1) is 11.4 Å². The Morgan fingerprint density at radius 1 is 1.03 bits per heavy atom. The minimum absolute atomic E-state index is 0.156. The predicted octanol–water partition coefficient (Wildman–Crippen LogP) is 4.96. The molecule has 0 bridgehead atoms. The number of rotatable bonds is 10. The number of hydrogen-bond donors (Lipinski definition) is 3. The number of aldehydes is 1. The molecule has 4 N–H and O–H groups in total. The molecule has 2 unspecified atom stereocenters. The molecule has 3 aromatic rings. The number of anilines is 2. The van der Waals surface area contributed by atoms with Crippen molar-refractivity contribution in [2.75, 3.05) is 44.3 Å². The van der Waals surface area contributed by atoms with Gasteiger partial charge in [0.25, 0.3) is 0 Å². The van der Waals surface area contributed by atoms with E-state index in [0.717, 1.165) is 55.1 Å². The van der Waals surface area contributed by atoms with Crippen LogP contribution >= 0.6 is 0 Å². The van der Waals surface area contributed by atoms with Crippen LogP contribution in [0.2, 0.25) is 0 Å². The zero-order chi connectivity index (χ0) is 25.3. The highest BCUT2D eigenvalue weighted by Gasteiger charge is 2.39. The maximum absolute atomic E-state index is 13.0. The molecule has 1 saturated carbocycles. The van der Waals surface area contributed by atoms with Gasteiger partial charge in [-0.25, -0.2) is 4.39 Å². The zero-order valence-corrected chi connectivity index (χ0v) is 21.0. The van der Waals surface area contributed by atoms with Gasteiger partial charge in [-0.2, -0.15) is 0 Å². The second-order valence-corrected chi connectivity index (χ2v) is 9.83. The Labute approximate surface area is 213 Å². The molecule has 190 valence electrons. The first-order valence-electron chi connectivity index (χ1n) is 12.8. The number of halogens is 1. The highest BCUT2D eigenvalue weighted by molar-refractivity contribution is 5.74. The summed E-state index contributed by atoms with van der Waals surface area (Å²) >= 11 is 0. The summed E-state index contributed by atoms with van der Waals surface area (Å²) in [6.07, 6.45) is 4.29. The molecular formula is C30H37FN4O. The van der Waals surface area contributed by atoms with Crippen molar-refractivity contribution in [3.63, 3.8) is 0 Å². The number of carbonyl (C=O) groups excluding carboxylic acids is 1. The van der Waals surface area contributed by atoms with E-state index in [4.69, 9.17) is 5.73 Å². The Bertz CT molecular complexity index is 1100. The Balaban J connectivity index is 0.000000286. The smallest absolute Gasteiger partial charge is 0.150 e. The quantitative estimate of drug-likeness (QED) is 0.278. The van der Waals surface area contributed by atoms with E-state index in [1.54, 1.807) is 12.1 Å². The molecule has 0 amide bonds. The van der Waals surface area contributed by atoms with Gasteiger partial charge in [0.1, 0.15) is 12.1 Å². The van der Waals surface area contributed by atoms with Gasteiger partial charge in [0.2, 0.25) is 0 Å². The molecule has 0 aromatic heterocycles. The van der Waals surface area contributed by atoms with Crippen LogP contribution in [0.1, 0.15) is 40.2 Å². The average molecular weight is 489 g/mol. The van der Waals surface area contributed by atoms with Gasteiger partial charge < -0.3 is 21.3 Å². The van der Waals surface area contributed by atoms with Crippen LogP contribution < -0.4 is 16.4 Å². The van der Waals surface area contributed by atoms with Crippen molar-refractivity contribution in [3.8, 4) is 0 Å². The summed E-state index contributed by atoms with van der Waals surface area (Å²) in [5.41, 5.74) is 10.6. The maximum atomic E-state index is 13.0. The normalized spacial score (nSPS) is 19.1. The van der Waals surface area contributed by atoms with Crippen LogP contribution in [0.25, 0.3) is 0 Å². The second-order valence-electron chi connectivity index (χ2n) is 9.83. The summed E-state index contributed by atoms with van der Waals surface area (Å²) < 4.78 is 13.0. The van der Waals surface area contributed by atoms with Gasteiger partial charge in [-0.1, -0.05) is 48.5 Å². The first-order chi connectivity index (χ1) is 17.6. The number of carbonyl (C=O) groups is 1. The topological polar surface area (TPSA) is 70.4 Å². The largest absolute Gasteiger partial charge is 0.397 e. The molecule has 36 heavy (non-hydrogen) atoms. The lowest BCUT2D eigenvalue weighted by Gasteiger charge is -2.39. The molecule has 1 heterocycles. The molecule has 1 saturated heterocycles. The van der Waals surface area contributed by atoms with Crippen molar-refractivity contribution in [2.24, 2.45) is 5.92 Å². The summed E-state index contributed by atoms with van der Waals surface area (Å²) in [5.74, 6) is 1.16. The molecule has 2 fully saturated rings. The van der Waals surface area contributed by atoms with Crippen molar-refractivity contribution < 1.29 is 9.18 Å². The molecule has 2 atom stereocenters. The maximum Gasteiger partial charge on any atom is 0.150 e. The van der Waals surface area contributed by atoms with E-state index in [1.165, 1.54) is 30.6 Å². The summed E-state index contributed by atoms with van der Waals surface area (Å²) in [5, 5.41) is 6.66. The predicted molar refractivity (Wildman–Crippen MR) is 146 cm³/mol. The lowest BCUT2D eigenvalue weighted by atomic mass is 9.99. The summed E-state index contributed by atoms with van der Waals surface area (Å²) in [6, 6.07) is 23.1. The number of nitrogens with one attached hydrogen (secondary N) is 2. The van der Waals surface area contributed by atoms with Crippen molar-refractivity contribution in [3.05, 3.63) is 95.3 Å². The van der Waals surface area contributed by atoms with Gasteiger partial charge >= 0.3 is 0 Å². The fourth-order valence-electron chi connectivity index (χ4n) is 4.80. The van der Waals surface area contributed by atoms with Gasteiger partial charge in [-0.05, 0) is 67.1 Å². The Morgan fingerprint density at radius 3 is 2.39 bits per heavy atom. The Morgan fingerprint density at radius 2 is 1.75 bits per heavy atom. The molecule has 2 aliphatic rings. The molecule has 0 spiro atoms. The number of para-hydroxylation sites is 2. The van der Waals surface area contributed by atoms with E-state index in [1.807, 2.05) is 55.6 Å². The first kappa shape index (κ1) is 25.9. The molecule has 1 aliphatic carbocycles. The number of aryl methyl sites for hydroxylation is 1. The third-order valence-corrected chi connectivity index (χ3v) is 7.08. The molecular weight excluding hydrogens is 451 g/mol. The zero-order valence-electron chi connectivity index (χ0n) is 21.0. The summed E-state index contributed by atoms with van der Waals surface area (Å²) in [6.45, 7) is 4.61. The minimum Gasteiger partial charge on any atom is -0.397 e. The van der Waals surface area contributed by atoms with E-state index in [-0.39, 0.29) is 5.82 Å². The second kappa shape index (κ2) is 12.7. The molecule has 5 nitrogen and oxygen atoms in total. The van der Waals surface area contributed by atoms with E-state index >= 15 is 0 Å². The number of nitrogens with two attached hydrogens (primary N) is 1. The van der Waals surface area contributed by atoms with Crippen LogP contribution in [-0.4, -0.2) is 50.5 Å². The van der Waals surface area contributed by atoms with Crippen LogP contribution in [0.5, 0.6) is 0 Å². The van der Waals surface area contributed by atoms with E-state index in [9.17, 15) is 9.18 Å². The number of hydrogen-bond acceptors (Lipinski definition) is 5. The van der Waals surface area contributed by atoms with Crippen LogP contribution in [-0.2, 0) is 6.42 Å². The van der Waals surface area contributed by atoms with Crippen molar-refractivity contribution >= 4 is 17.7 Å². The summed E-state index contributed by atoms with van der Waals surface area (Å²) in [4.78, 5) is 13.2. The van der Waals surface area contributed by atoms with Crippen molar-refractivity contribution in [1.82, 2.24) is 10.2 Å². The minimum atomic E-state index is -0.156. The fraction of sp³-hybridized carbons (Fsp3) is 0.367. The average Bonchev–Trinajstić information content (AvgIpc) is 3.66. The first-order valence-corrected chi connectivity index (χ1v) is 12.8. The van der Waals surface area contributed by atoms with Crippen molar-refractivity contribution in [2.45, 2.75) is 31.2 Å². The van der Waals surface area contributed by atoms with Crippen LogP contribution in [0.15, 0.2) is 72.8 Å². The Hall–Kier alpha value is -3.22. The summed E-state index contributed by atoms with van der Waals surface area (Å²) in [7, 11) is 1.85. The number of benzene rings is 3. The number of nitrogen functional groups attached to an aromatic ring is 1. The van der Waals surface area contributed by atoms with Crippen LogP contribution in [0, 0.1) is 11.7 Å². The monoisotopic (exact) mass is 488 g/mol. The van der Waals surface area contributed by atoms with E-state index in [0.29, 0.717) is 12.0 Å². The van der Waals surface area contributed by atoms with E-state index < -0.39 is 0 Å². The molecule has 3 aromatic carbocycles. The van der Waals surface area contributed by atoms with Crippen LogP contribution in [0.3, 0.4) is 0 Å². The highest BCUT2D eigenvalue weighted by atomic mass is 19.1. The van der Waals surface area contributed by atoms with Crippen LogP contribution in [0.4, 0.5) is 15.8 Å². The van der Waals surface area contributed by atoms with Gasteiger partial charge in [-0.3, -0.25) is 4.79 Å². The molecule has 5 rings (SSSR count). The van der Waals surface area contributed by atoms with Crippen molar-refractivity contribution in [1.29, 1.82) is 0 Å². The van der Waals surface area contributed by atoms with Gasteiger partial charge in [-0.15, -0.1) is 0 Å². The SMILES string of the molecule is CNc1ccccc1N.O=Cc1ccc(CCCN2CC(CNC3CC3c3ccc(F)cc3)C2)cc1. The Kier molecular flexibility index (Phi) is 9.09. The molecule has 1 aliphatic heterocycles. The molecule has 0 radical (unpaired) electrons. The third kappa shape index (κ3) is 7.39. The van der Waals surface area contributed by atoms with Gasteiger partial charge in [0.15, 0.2) is 0 Å². The lowest BCUT2D eigenvalue weighted by Crippen LogP contribution is -2.51. The highest BCUT2D eigenvalue weighted by Crippen LogP contribution is 2.40. The number of likely N-dealkylation sites (tertiary alicyclic amines) is 1. The fourth-order valence-corrected chi connectivity index (χ4v) is 4.80. The van der Waals surface area contributed by atoms with Gasteiger partial charge in [0, 0.05) is 44.2 Å². The lowest BCUT2D eigenvalue weighted by molar-refractivity contribution is 0.0982.